The minimum Gasteiger partial charge on any atom is -0.378 e. The van der Waals surface area contributed by atoms with Gasteiger partial charge in [-0.05, 0) is 48.5 Å². The second-order valence-electron chi connectivity index (χ2n) is 6.20. The van der Waals surface area contributed by atoms with Crippen molar-refractivity contribution in [1.29, 1.82) is 0 Å². The summed E-state index contributed by atoms with van der Waals surface area (Å²) >= 11 is 0. The van der Waals surface area contributed by atoms with Crippen LogP contribution in [0.15, 0.2) is 73.1 Å². The largest absolute Gasteiger partial charge is 0.378 e. The van der Waals surface area contributed by atoms with Gasteiger partial charge < -0.3 is 4.90 Å². The molecule has 0 atom stereocenters. The molecule has 6 nitrogen and oxygen atoms in total. The predicted octanol–water partition coefficient (Wildman–Crippen LogP) is 3.73. The molecule has 6 heteroatoms. The van der Waals surface area contributed by atoms with Crippen molar-refractivity contribution in [3.8, 4) is 34.2 Å². The van der Waals surface area contributed by atoms with Crippen LogP contribution in [0.25, 0.3) is 34.2 Å². The maximum atomic E-state index is 4.77. The van der Waals surface area contributed by atoms with Gasteiger partial charge in [0.05, 0.1) is 11.4 Å². The average molecular weight is 354 g/mol. The minimum absolute atomic E-state index is 0.556. The van der Waals surface area contributed by atoms with Gasteiger partial charge in [0, 0.05) is 37.7 Å². The number of nitrogens with zero attached hydrogens (tertiary/aromatic N) is 6. The summed E-state index contributed by atoms with van der Waals surface area (Å²) in [5, 5.41) is 8.78. The number of aromatic nitrogens is 5. The highest BCUT2D eigenvalue weighted by Crippen LogP contribution is 2.28. The first-order valence-corrected chi connectivity index (χ1v) is 8.57. The Kier molecular flexibility index (Phi) is 4.53. The van der Waals surface area contributed by atoms with Crippen molar-refractivity contribution in [1.82, 2.24) is 25.1 Å². The minimum atomic E-state index is 0.556. The van der Waals surface area contributed by atoms with Crippen molar-refractivity contribution in [2.75, 3.05) is 19.0 Å². The first-order chi connectivity index (χ1) is 13.2. The molecule has 0 N–H and O–H groups in total. The van der Waals surface area contributed by atoms with Crippen molar-refractivity contribution < 1.29 is 0 Å². The van der Waals surface area contributed by atoms with E-state index in [0.717, 1.165) is 16.9 Å². The van der Waals surface area contributed by atoms with Gasteiger partial charge >= 0.3 is 0 Å². The van der Waals surface area contributed by atoms with E-state index in [2.05, 4.69) is 20.2 Å². The Morgan fingerprint density at radius 1 is 0.667 bits per heavy atom. The molecule has 132 valence electrons. The average Bonchev–Trinajstić information content (AvgIpc) is 2.74. The highest BCUT2D eigenvalue weighted by atomic mass is 15.2. The third-order valence-electron chi connectivity index (χ3n) is 4.14. The molecule has 3 heterocycles. The third-order valence-corrected chi connectivity index (χ3v) is 4.14. The number of hydrogen-bond donors (Lipinski definition) is 0. The van der Waals surface area contributed by atoms with Gasteiger partial charge in [-0.3, -0.25) is 9.97 Å². The van der Waals surface area contributed by atoms with E-state index >= 15 is 0 Å². The van der Waals surface area contributed by atoms with E-state index in [9.17, 15) is 0 Å². The van der Waals surface area contributed by atoms with Crippen molar-refractivity contribution >= 4 is 5.69 Å². The molecule has 4 aromatic rings. The number of pyridine rings is 2. The molecule has 27 heavy (non-hydrogen) atoms. The van der Waals surface area contributed by atoms with E-state index < -0.39 is 0 Å². The van der Waals surface area contributed by atoms with Crippen LogP contribution in [0.2, 0.25) is 0 Å². The van der Waals surface area contributed by atoms with Crippen molar-refractivity contribution in [3.63, 3.8) is 0 Å². The smallest absolute Gasteiger partial charge is 0.182 e. The molecular formula is C21H18N6. The Morgan fingerprint density at radius 2 is 1.30 bits per heavy atom. The van der Waals surface area contributed by atoms with Gasteiger partial charge in [0.15, 0.2) is 5.82 Å². The lowest BCUT2D eigenvalue weighted by Gasteiger charge is -2.12. The fraction of sp³-hybridized carbons (Fsp3) is 0.0952. The summed E-state index contributed by atoms with van der Waals surface area (Å²) in [5.41, 5.74) is 4.74. The quantitative estimate of drug-likeness (QED) is 0.556. The Labute approximate surface area is 157 Å². The SMILES string of the molecule is CN(C)c1ccc(-c2nnc(-c3ccccn3)c(-c3ccccn3)n2)cc1. The standard InChI is InChI=1S/C21H18N6/c1-27(2)16-11-9-15(10-12-16)21-24-19(17-7-3-5-13-22-17)20(25-26-21)18-8-4-6-14-23-18/h3-14H,1-2H3. The molecule has 0 aliphatic rings. The number of rotatable bonds is 4. The Bertz CT molecular complexity index is 1030. The molecule has 0 aliphatic carbocycles. The predicted molar refractivity (Wildman–Crippen MR) is 106 cm³/mol. The van der Waals surface area contributed by atoms with E-state index in [1.165, 1.54) is 0 Å². The van der Waals surface area contributed by atoms with Gasteiger partial charge in [0.1, 0.15) is 11.4 Å². The first kappa shape index (κ1) is 16.8. The van der Waals surface area contributed by atoms with Crippen LogP contribution < -0.4 is 4.90 Å². The second kappa shape index (κ2) is 7.29. The summed E-state index contributed by atoms with van der Waals surface area (Å²) in [6, 6.07) is 19.4. The van der Waals surface area contributed by atoms with E-state index in [1.807, 2.05) is 79.7 Å². The number of hydrogen-bond acceptors (Lipinski definition) is 6. The topological polar surface area (TPSA) is 67.7 Å². The van der Waals surface area contributed by atoms with Gasteiger partial charge in [0.2, 0.25) is 0 Å². The number of anilines is 1. The van der Waals surface area contributed by atoms with Crippen LogP contribution in [0, 0.1) is 0 Å². The lowest BCUT2D eigenvalue weighted by Crippen LogP contribution is -2.08. The fourth-order valence-corrected chi connectivity index (χ4v) is 2.71. The fourth-order valence-electron chi connectivity index (χ4n) is 2.71. The summed E-state index contributed by atoms with van der Waals surface area (Å²) in [6.07, 6.45) is 3.47. The Hall–Kier alpha value is -3.67. The third kappa shape index (κ3) is 3.50. The van der Waals surface area contributed by atoms with Crippen LogP contribution in [-0.4, -0.2) is 39.2 Å². The zero-order valence-electron chi connectivity index (χ0n) is 15.1. The molecule has 0 radical (unpaired) electrons. The van der Waals surface area contributed by atoms with Crippen LogP contribution in [0.4, 0.5) is 5.69 Å². The summed E-state index contributed by atoms with van der Waals surface area (Å²) in [6.45, 7) is 0. The molecule has 0 fully saturated rings. The summed E-state index contributed by atoms with van der Waals surface area (Å²) in [5.74, 6) is 0.556. The van der Waals surface area contributed by atoms with Crippen LogP contribution in [0.1, 0.15) is 0 Å². The van der Waals surface area contributed by atoms with Gasteiger partial charge in [-0.25, -0.2) is 4.98 Å². The van der Waals surface area contributed by atoms with E-state index in [4.69, 9.17) is 4.98 Å². The maximum absolute atomic E-state index is 4.77. The van der Waals surface area contributed by atoms with E-state index in [1.54, 1.807) is 12.4 Å². The molecule has 0 saturated carbocycles. The van der Waals surface area contributed by atoms with Crippen LogP contribution >= 0.6 is 0 Å². The molecule has 0 amide bonds. The second-order valence-corrected chi connectivity index (χ2v) is 6.20. The zero-order valence-corrected chi connectivity index (χ0v) is 15.1. The van der Waals surface area contributed by atoms with Crippen molar-refractivity contribution in [3.05, 3.63) is 73.1 Å². The summed E-state index contributed by atoms with van der Waals surface area (Å²) in [7, 11) is 4.02. The van der Waals surface area contributed by atoms with E-state index in [-0.39, 0.29) is 0 Å². The zero-order chi connectivity index (χ0) is 18.6. The van der Waals surface area contributed by atoms with Crippen molar-refractivity contribution in [2.24, 2.45) is 0 Å². The molecule has 0 aliphatic heterocycles. The lowest BCUT2D eigenvalue weighted by atomic mass is 10.1. The number of benzene rings is 1. The van der Waals surface area contributed by atoms with Crippen LogP contribution in [-0.2, 0) is 0 Å². The molecule has 0 unspecified atom stereocenters. The highest BCUT2D eigenvalue weighted by Gasteiger charge is 2.16. The molecule has 0 saturated heterocycles. The maximum Gasteiger partial charge on any atom is 0.182 e. The van der Waals surface area contributed by atoms with Crippen molar-refractivity contribution in [2.45, 2.75) is 0 Å². The molecule has 0 bridgehead atoms. The first-order valence-electron chi connectivity index (χ1n) is 8.57. The van der Waals surface area contributed by atoms with Gasteiger partial charge in [-0.1, -0.05) is 12.1 Å². The molecule has 0 spiro atoms. The van der Waals surface area contributed by atoms with Crippen LogP contribution in [0.3, 0.4) is 0 Å². The van der Waals surface area contributed by atoms with Gasteiger partial charge in [-0.15, -0.1) is 10.2 Å². The summed E-state index contributed by atoms with van der Waals surface area (Å²) < 4.78 is 0. The van der Waals surface area contributed by atoms with Gasteiger partial charge in [0.25, 0.3) is 0 Å². The highest BCUT2D eigenvalue weighted by molar-refractivity contribution is 5.75. The Balaban J connectivity index is 1.84. The van der Waals surface area contributed by atoms with E-state index in [0.29, 0.717) is 22.9 Å². The molecule has 4 rings (SSSR count). The van der Waals surface area contributed by atoms with Crippen LogP contribution in [0.5, 0.6) is 0 Å². The summed E-state index contributed by atoms with van der Waals surface area (Å²) in [4.78, 5) is 15.7. The Morgan fingerprint density at radius 3 is 1.85 bits per heavy atom. The normalized spacial score (nSPS) is 10.6. The molecule has 3 aromatic heterocycles. The van der Waals surface area contributed by atoms with Gasteiger partial charge in [-0.2, -0.15) is 0 Å². The molecule has 1 aromatic carbocycles. The monoisotopic (exact) mass is 354 g/mol. The lowest BCUT2D eigenvalue weighted by molar-refractivity contribution is 0.980. The molecular weight excluding hydrogens is 336 g/mol.